The summed E-state index contributed by atoms with van der Waals surface area (Å²) >= 11 is 6.08. The Kier molecular flexibility index (Phi) is 5.65. The van der Waals surface area contributed by atoms with Gasteiger partial charge in [0, 0.05) is 16.8 Å². The summed E-state index contributed by atoms with van der Waals surface area (Å²) in [5, 5.41) is 3.36. The van der Waals surface area contributed by atoms with Crippen LogP contribution in [-0.2, 0) is 11.2 Å². The SMILES string of the molecule is COc1ccc(Cl)cc1NC(=O)Cc1c(-c2ccc(F)c(C)c2)nc2ccc(C)cn12. The normalized spacial score (nSPS) is 11.0. The van der Waals surface area contributed by atoms with Crippen molar-refractivity contribution in [2.75, 3.05) is 12.4 Å². The van der Waals surface area contributed by atoms with Crippen LogP contribution in [0.5, 0.6) is 5.75 Å². The quantitative estimate of drug-likeness (QED) is 0.442. The second kappa shape index (κ2) is 8.40. The van der Waals surface area contributed by atoms with Crippen LogP contribution >= 0.6 is 11.6 Å². The number of rotatable bonds is 5. The van der Waals surface area contributed by atoms with Crippen molar-refractivity contribution in [3.8, 4) is 17.0 Å². The second-order valence-electron chi connectivity index (χ2n) is 7.38. The molecule has 0 saturated carbocycles. The van der Waals surface area contributed by atoms with Crippen LogP contribution in [0.3, 0.4) is 0 Å². The number of benzene rings is 2. The number of methoxy groups -OCH3 is 1. The molecule has 2 aromatic heterocycles. The maximum Gasteiger partial charge on any atom is 0.230 e. The molecule has 4 aromatic rings. The molecule has 0 unspecified atom stereocenters. The zero-order chi connectivity index (χ0) is 22.1. The van der Waals surface area contributed by atoms with Gasteiger partial charge in [-0.1, -0.05) is 17.7 Å². The summed E-state index contributed by atoms with van der Waals surface area (Å²) in [6.07, 6.45) is 2.00. The van der Waals surface area contributed by atoms with Gasteiger partial charge in [-0.25, -0.2) is 9.37 Å². The topological polar surface area (TPSA) is 55.6 Å². The summed E-state index contributed by atoms with van der Waals surface area (Å²) in [6, 6.07) is 13.7. The minimum atomic E-state index is -0.282. The number of ether oxygens (including phenoxy) is 1. The van der Waals surface area contributed by atoms with Gasteiger partial charge in [0.25, 0.3) is 0 Å². The Bertz CT molecular complexity index is 1300. The number of hydrogen-bond acceptors (Lipinski definition) is 3. The number of aromatic nitrogens is 2. The highest BCUT2D eigenvalue weighted by molar-refractivity contribution is 6.31. The van der Waals surface area contributed by atoms with E-state index in [1.54, 1.807) is 37.3 Å². The number of nitrogens with one attached hydrogen (secondary N) is 1. The number of anilines is 1. The third-order valence-corrected chi connectivity index (χ3v) is 5.30. The molecule has 5 nitrogen and oxygen atoms in total. The number of hydrogen-bond donors (Lipinski definition) is 1. The molecule has 1 amide bonds. The first-order chi connectivity index (χ1) is 14.9. The molecule has 0 radical (unpaired) electrons. The molecule has 7 heteroatoms. The van der Waals surface area contributed by atoms with Crippen molar-refractivity contribution in [3.63, 3.8) is 0 Å². The molecule has 2 heterocycles. The highest BCUT2D eigenvalue weighted by atomic mass is 35.5. The van der Waals surface area contributed by atoms with Crippen molar-refractivity contribution in [1.82, 2.24) is 9.38 Å². The van der Waals surface area contributed by atoms with E-state index in [9.17, 15) is 9.18 Å². The third kappa shape index (κ3) is 4.25. The molecule has 4 rings (SSSR count). The van der Waals surface area contributed by atoms with Gasteiger partial charge in [-0.3, -0.25) is 4.79 Å². The number of halogens is 2. The largest absolute Gasteiger partial charge is 0.495 e. The number of pyridine rings is 1. The lowest BCUT2D eigenvalue weighted by Gasteiger charge is -2.11. The summed E-state index contributed by atoms with van der Waals surface area (Å²) in [4.78, 5) is 17.7. The van der Waals surface area contributed by atoms with Crippen LogP contribution in [0.15, 0.2) is 54.7 Å². The minimum absolute atomic E-state index is 0.0616. The van der Waals surface area contributed by atoms with Crippen LogP contribution in [0.2, 0.25) is 5.02 Å². The second-order valence-corrected chi connectivity index (χ2v) is 7.81. The lowest BCUT2D eigenvalue weighted by molar-refractivity contribution is -0.115. The first-order valence-electron chi connectivity index (χ1n) is 9.73. The number of aryl methyl sites for hydroxylation is 2. The van der Waals surface area contributed by atoms with Gasteiger partial charge >= 0.3 is 0 Å². The van der Waals surface area contributed by atoms with Crippen molar-refractivity contribution in [3.05, 3.63) is 82.4 Å². The van der Waals surface area contributed by atoms with Crippen molar-refractivity contribution in [2.45, 2.75) is 20.3 Å². The number of amides is 1. The van der Waals surface area contributed by atoms with Gasteiger partial charge in [0.1, 0.15) is 17.2 Å². The fraction of sp³-hybridized carbons (Fsp3) is 0.167. The summed E-state index contributed by atoms with van der Waals surface area (Å²) in [5.41, 5.74) is 4.86. The Labute approximate surface area is 184 Å². The fourth-order valence-corrected chi connectivity index (χ4v) is 3.69. The van der Waals surface area contributed by atoms with E-state index in [1.807, 2.05) is 29.7 Å². The molecular weight excluding hydrogens is 417 g/mol. The molecular formula is C24H21ClFN3O2. The molecule has 0 aliphatic rings. The summed E-state index contributed by atoms with van der Waals surface area (Å²) in [5.74, 6) is -0.0132. The van der Waals surface area contributed by atoms with E-state index in [0.717, 1.165) is 11.1 Å². The summed E-state index contributed by atoms with van der Waals surface area (Å²) < 4.78 is 21.0. The van der Waals surface area contributed by atoms with E-state index in [0.29, 0.717) is 39.1 Å². The van der Waals surface area contributed by atoms with Crippen LogP contribution in [0.1, 0.15) is 16.8 Å². The summed E-state index contributed by atoms with van der Waals surface area (Å²) in [7, 11) is 1.53. The Balaban J connectivity index is 1.75. The molecule has 2 aromatic carbocycles. The zero-order valence-electron chi connectivity index (χ0n) is 17.4. The molecule has 1 N–H and O–H groups in total. The van der Waals surface area contributed by atoms with E-state index >= 15 is 0 Å². The smallest absolute Gasteiger partial charge is 0.230 e. The van der Waals surface area contributed by atoms with Crippen molar-refractivity contribution in [2.24, 2.45) is 0 Å². The molecule has 0 bridgehead atoms. The van der Waals surface area contributed by atoms with Crippen LogP contribution in [-0.4, -0.2) is 22.4 Å². The third-order valence-electron chi connectivity index (χ3n) is 5.06. The maximum atomic E-state index is 13.8. The molecule has 0 saturated heterocycles. The lowest BCUT2D eigenvalue weighted by Crippen LogP contribution is -2.16. The predicted octanol–water partition coefficient (Wildman–Crippen LogP) is 5.60. The number of imidazole rings is 1. The van der Waals surface area contributed by atoms with E-state index in [2.05, 4.69) is 5.32 Å². The Morgan fingerprint density at radius 3 is 2.71 bits per heavy atom. The Hall–Kier alpha value is -3.38. The van der Waals surface area contributed by atoms with Crippen molar-refractivity contribution in [1.29, 1.82) is 0 Å². The van der Waals surface area contributed by atoms with Crippen LogP contribution in [0.4, 0.5) is 10.1 Å². The molecule has 0 atom stereocenters. The molecule has 31 heavy (non-hydrogen) atoms. The first kappa shape index (κ1) is 20.9. The van der Waals surface area contributed by atoms with Gasteiger partial charge in [0.2, 0.25) is 5.91 Å². The number of carbonyl (C=O) groups is 1. The minimum Gasteiger partial charge on any atom is -0.495 e. The van der Waals surface area contributed by atoms with Crippen LogP contribution in [0.25, 0.3) is 16.9 Å². The highest BCUT2D eigenvalue weighted by Crippen LogP contribution is 2.30. The van der Waals surface area contributed by atoms with Gasteiger partial charge in [0.15, 0.2) is 0 Å². The van der Waals surface area contributed by atoms with Crippen LogP contribution < -0.4 is 10.1 Å². The van der Waals surface area contributed by atoms with Gasteiger partial charge in [-0.2, -0.15) is 0 Å². The van der Waals surface area contributed by atoms with Gasteiger partial charge < -0.3 is 14.5 Å². The lowest BCUT2D eigenvalue weighted by atomic mass is 10.1. The molecule has 0 fully saturated rings. The zero-order valence-corrected chi connectivity index (χ0v) is 18.1. The average molecular weight is 438 g/mol. The molecule has 0 aliphatic carbocycles. The van der Waals surface area contributed by atoms with Crippen LogP contribution in [0, 0.1) is 19.7 Å². The van der Waals surface area contributed by atoms with Crippen molar-refractivity contribution < 1.29 is 13.9 Å². The fourth-order valence-electron chi connectivity index (χ4n) is 3.52. The summed E-state index contributed by atoms with van der Waals surface area (Å²) in [6.45, 7) is 3.68. The molecule has 158 valence electrons. The van der Waals surface area contributed by atoms with E-state index in [4.69, 9.17) is 21.3 Å². The Morgan fingerprint density at radius 1 is 1.16 bits per heavy atom. The highest BCUT2D eigenvalue weighted by Gasteiger charge is 2.19. The van der Waals surface area contributed by atoms with E-state index < -0.39 is 0 Å². The van der Waals surface area contributed by atoms with E-state index in [-0.39, 0.29) is 18.1 Å². The van der Waals surface area contributed by atoms with E-state index in [1.165, 1.54) is 13.2 Å². The average Bonchev–Trinajstić information content (AvgIpc) is 3.07. The Morgan fingerprint density at radius 2 is 1.97 bits per heavy atom. The van der Waals surface area contributed by atoms with Crippen molar-refractivity contribution >= 4 is 28.8 Å². The van der Waals surface area contributed by atoms with Gasteiger partial charge in [-0.15, -0.1) is 0 Å². The first-order valence-corrected chi connectivity index (χ1v) is 10.1. The number of carbonyl (C=O) groups excluding carboxylic acids is 1. The maximum absolute atomic E-state index is 13.8. The number of nitrogens with zero attached hydrogens (tertiary/aromatic N) is 2. The predicted molar refractivity (Wildman–Crippen MR) is 120 cm³/mol. The standard InChI is InChI=1S/C24H21ClFN3O2/c1-14-4-9-22-28-24(16-5-7-18(26)15(2)10-16)20(29(22)13-14)12-23(30)27-19-11-17(25)6-8-21(19)31-3/h4-11,13H,12H2,1-3H3,(H,27,30). The monoisotopic (exact) mass is 437 g/mol. The van der Waals surface area contributed by atoms with Gasteiger partial charge in [-0.05, 0) is 67.4 Å². The van der Waals surface area contributed by atoms with Gasteiger partial charge in [0.05, 0.1) is 30.6 Å². The number of fused-ring (bicyclic) bond motifs is 1. The molecule has 0 spiro atoms. The molecule has 0 aliphatic heterocycles.